The smallest absolute Gasteiger partial charge is 0.320 e. The summed E-state index contributed by atoms with van der Waals surface area (Å²) in [5.41, 5.74) is 12.1. The first-order valence-corrected chi connectivity index (χ1v) is 18.6. The number of fused-ring (bicyclic) bond motifs is 1. The van der Waals surface area contributed by atoms with Gasteiger partial charge in [0.2, 0.25) is 0 Å². The Morgan fingerprint density at radius 3 is 2.16 bits per heavy atom. The third kappa shape index (κ3) is 16.8. The van der Waals surface area contributed by atoms with Crippen molar-refractivity contribution in [2.45, 2.75) is 63.7 Å². The summed E-state index contributed by atoms with van der Waals surface area (Å²) in [5.74, 6) is -0.852. The largest absolute Gasteiger partial charge is 0.748 e. The number of aromatic nitrogens is 4. The molecular formula is C23H44N6O13S3. The van der Waals surface area contributed by atoms with Crippen LogP contribution in [0.3, 0.4) is 0 Å². The van der Waals surface area contributed by atoms with Crippen molar-refractivity contribution in [3.05, 3.63) is 12.7 Å². The summed E-state index contributed by atoms with van der Waals surface area (Å²) in [6, 6.07) is -0.907. The number of unbranched alkanes of at least 4 members (excludes halogenated alkanes) is 1. The van der Waals surface area contributed by atoms with Crippen LogP contribution in [0.15, 0.2) is 12.7 Å². The van der Waals surface area contributed by atoms with Crippen LogP contribution in [0.4, 0.5) is 5.82 Å². The van der Waals surface area contributed by atoms with E-state index in [-0.39, 0.29) is 42.8 Å². The molecule has 0 amide bonds. The predicted molar refractivity (Wildman–Crippen MR) is 165 cm³/mol. The Bertz CT molecular complexity index is 1330. The molecule has 0 aliphatic carbocycles. The van der Waals surface area contributed by atoms with Crippen molar-refractivity contribution in [1.82, 2.24) is 19.5 Å². The molecule has 1 aliphatic rings. The number of anilines is 1. The van der Waals surface area contributed by atoms with Gasteiger partial charge in [0.25, 0.3) is 10.1 Å². The lowest BCUT2D eigenvalue weighted by Gasteiger charge is -2.16. The van der Waals surface area contributed by atoms with Gasteiger partial charge < -0.3 is 46.3 Å². The highest BCUT2D eigenvalue weighted by Gasteiger charge is 2.46. The standard InChI is InChI=1S/C15H22N6O5S.C4H10O6S2.2C2H6O/c1-27(3-2-7(16)15(24)25)4-8-10(22)11(23)14(26-8)21-6-20-9-12(17)18-5-19-13(9)21;5-11(6,7)3-1-2-4-12(8,9)10;2*1-2-3/h5-8,10-11,14,22-23H,2-4,16H2,1H3,(H2-,17,18,19,24,25);1-4H2,(H,5,6,7)(H,8,9,10);2*3H,2H2,1H3/t7-,8+,10+,11+,14+,27?;;;/m0.../s1. The quantitative estimate of drug-likeness (QED) is 0.0630. The molecule has 0 radical (unpaired) electrons. The Labute approximate surface area is 264 Å². The van der Waals surface area contributed by atoms with Crippen LogP contribution >= 0.6 is 0 Å². The van der Waals surface area contributed by atoms with E-state index in [4.69, 9.17) is 36.1 Å². The van der Waals surface area contributed by atoms with E-state index >= 15 is 0 Å². The molecule has 1 fully saturated rings. The molecule has 22 heteroatoms. The van der Waals surface area contributed by atoms with Crippen molar-refractivity contribution < 1.29 is 61.0 Å². The summed E-state index contributed by atoms with van der Waals surface area (Å²) >= 11 is 0. The van der Waals surface area contributed by atoms with Crippen LogP contribution in [-0.4, -0.2) is 144 Å². The van der Waals surface area contributed by atoms with Crippen LogP contribution in [0.1, 0.15) is 39.3 Å². The maximum Gasteiger partial charge on any atom is 0.320 e. The minimum absolute atomic E-state index is 0.0275. The minimum Gasteiger partial charge on any atom is -0.748 e. The molecule has 0 aromatic carbocycles. The van der Waals surface area contributed by atoms with Crippen molar-refractivity contribution >= 4 is 54.1 Å². The number of ether oxygens (including phenoxy) is 1. The molecule has 3 rings (SSSR count). The molecule has 10 N–H and O–H groups in total. The van der Waals surface area contributed by atoms with Gasteiger partial charge in [-0.3, -0.25) is 13.9 Å². The molecule has 0 saturated carbocycles. The van der Waals surface area contributed by atoms with Crippen LogP contribution in [0.2, 0.25) is 0 Å². The number of carboxylic acids is 1. The number of aliphatic hydroxyl groups is 4. The number of hydrogen-bond donors (Lipinski definition) is 8. The SMILES string of the molecule is CCO.CCO.C[S+](CC[C@H](N)C(=O)O)C[C@H]1O[C@@H](n2cnc3c(N)ncnc32)[C@H](O)[C@@H]1O.O=S(=O)([O-])CCCCS(=O)(=O)O. The predicted octanol–water partition coefficient (Wildman–Crippen LogP) is -2.73. The second-order valence-corrected chi connectivity index (χ2v) is 14.8. The molecule has 2 aromatic rings. The highest BCUT2D eigenvalue weighted by molar-refractivity contribution is 7.96. The van der Waals surface area contributed by atoms with E-state index in [1.54, 1.807) is 13.8 Å². The van der Waals surface area contributed by atoms with E-state index < -0.39 is 68.3 Å². The normalized spacial score (nSPS) is 20.9. The summed E-state index contributed by atoms with van der Waals surface area (Å²) in [7, 11) is -8.54. The lowest BCUT2D eigenvalue weighted by molar-refractivity contribution is -0.138. The fraction of sp³-hybridized carbons (Fsp3) is 0.739. The summed E-state index contributed by atoms with van der Waals surface area (Å²) in [5, 5.41) is 44.8. The zero-order valence-corrected chi connectivity index (χ0v) is 27.6. The second-order valence-electron chi connectivity index (χ2n) is 9.40. The van der Waals surface area contributed by atoms with E-state index in [2.05, 4.69) is 15.0 Å². The summed E-state index contributed by atoms with van der Waals surface area (Å²) in [4.78, 5) is 23.0. The van der Waals surface area contributed by atoms with E-state index in [9.17, 15) is 36.4 Å². The molecule has 3 heterocycles. The van der Waals surface area contributed by atoms with Crippen LogP contribution < -0.4 is 11.5 Å². The maximum absolute atomic E-state index is 10.8. The molecule has 0 spiro atoms. The molecule has 1 aliphatic heterocycles. The molecule has 1 saturated heterocycles. The third-order valence-electron chi connectivity index (χ3n) is 5.59. The van der Waals surface area contributed by atoms with Gasteiger partial charge in [0.05, 0.1) is 28.5 Å². The van der Waals surface area contributed by atoms with E-state index in [1.807, 2.05) is 6.26 Å². The highest BCUT2D eigenvalue weighted by Crippen LogP contribution is 2.32. The Morgan fingerprint density at radius 2 is 1.64 bits per heavy atom. The average molecular weight is 709 g/mol. The number of aliphatic carboxylic acids is 1. The van der Waals surface area contributed by atoms with Gasteiger partial charge in [0, 0.05) is 25.4 Å². The van der Waals surface area contributed by atoms with Gasteiger partial charge in [0.1, 0.15) is 47.7 Å². The maximum atomic E-state index is 10.8. The number of rotatable bonds is 12. The third-order valence-corrected chi connectivity index (χ3v) is 9.01. The number of aliphatic hydroxyl groups excluding tert-OH is 4. The summed E-state index contributed by atoms with van der Waals surface area (Å²) in [6.45, 7) is 3.86. The van der Waals surface area contributed by atoms with Crippen molar-refractivity contribution in [3.63, 3.8) is 0 Å². The van der Waals surface area contributed by atoms with Crippen LogP contribution in [0, 0.1) is 0 Å². The van der Waals surface area contributed by atoms with Crippen molar-refractivity contribution in [2.75, 3.05) is 48.2 Å². The zero-order valence-electron chi connectivity index (χ0n) is 25.1. The van der Waals surface area contributed by atoms with E-state index in [0.717, 1.165) is 0 Å². The number of hydrogen-bond acceptors (Lipinski definition) is 16. The monoisotopic (exact) mass is 708 g/mol. The van der Waals surface area contributed by atoms with Gasteiger partial charge in [-0.05, 0) is 37.6 Å². The number of imidazole rings is 1. The molecular weight excluding hydrogens is 664 g/mol. The Balaban J connectivity index is 0.000000897. The Kier molecular flexibility index (Phi) is 19.7. The molecule has 45 heavy (non-hydrogen) atoms. The molecule has 19 nitrogen and oxygen atoms in total. The minimum atomic E-state index is -4.27. The van der Waals surface area contributed by atoms with Crippen molar-refractivity contribution in [3.8, 4) is 0 Å². The van der Waals surface area contributed by atoms with Gasteiger partial charge in [-0.1, -0.05) is 0 Å². The second kappa shape index (κ2) is 20.8. The van der Waals surface area contributed by atoms with Crippen molar-refractivity contribution in [1.29, 1.82) is 0 Å². The number of nitrogens with two attached hydrogens (primary N) is 2. The Morgan fingerprint density at radius 1 is 1.09 bits per heavy atom. The lowest BCUT2D eigenvalue weighted by atomic mass is 10.1. The number of carbonyl (C=O) groups is 1. The first-order chi connectivity index (χ1) is 20.8. The number of nitrogens with zero attached hydrogens (tertiary/aromatic N) is 4. The van der Waals surface area contributed by atoms with Crippen LogP contribution in [0.5, 0.6) is 0 Å². The average Bonchev–Trinajstić information content (AvgIpc) is 3.47. The Hall–Kier alpha value is -2.25. The molecule has 2 aromatic heterocycles. The zero-order chi connectivity index (χ0) is 35.0. The van der Waals surface area contributed by atoms with E-state index in [1.165, 1.54) is 17.2 Å². The van der Waals surface area contributed by atoms with Crippen LogP contribution in [-0.2, 0) is 40.7 Å². The number of nitrogen functional groups attached to an aromatic ring is 1. The van der Waals surface area contributed by atoms with Gasteiger partial charge in [-0.25, -0.2) is 23.4 Å². The molecule has 1 unspecified atom stereocenters. The highest BCUT2D eigenvalue weighted by atomic mass is 32.2. The summed E-state index contributed by atoms with van der Waals surface area (Å²) in [6.07, 6.45) is 1.23. The van der Waals surface area contributed by atoms with Gasteiger partial charge >= 0.3 is 5.97 Å². The molecule has 262 valence electrons. The fourth-order valence-corrected chi connectivity index (χ4v) is 6.32. The fourth-order valence-electron chi connectivity index (χ4n) is 3.53. The van der Waals surface area contributed by atoms with E-state index in [0.29, 0.717) is 29.1 Å². The summed E-state index contributed by atoms with van der Waals surface area (Å²) < 4.78 is 65.7. The number of carboxylic acid groups (broad SMARTS) is 1. The van der Waals surface area contributed by atoms with Crippen molar-refractivity contribution in [2.24, 2.45) is 5.73 Å². The molecule has 6 atom stereocenters. The lowest BCUT2D eigenvalue weighted by Crippen LogP contribution is -2.37. The first-order valence-electron chi connectivity index (χ1n) is 13.5. The van der Waals surface area contributed by atoms with Crippen LogP contribution in [0.25, 0.3) is 11.2 Å². The van der Waals surface area contributed by atoms with Gasteiger partial charge in [-0.15, -0.1) is 0 Å². The van der Waals surface area contributed by atoms with Gasteiger partial charge in [0.15, 0.2) is 17.7 Å². The first kappa shape index (κ1) is 42.8. The topological polar surface area (TPSA) is 335 Å². The molecule has 0 bridgehead atoms. The van der Waals surface area contributed by atoms with Gasteiger partial charge in [-0.2, -0.15) is 8.42 Å².